The van der Waals surface area contributed by atoms with Crippen LogP contribution in [0.15, 0.2) is 23.3 Å². The lowest BCUT2D eigenvalue weighted by atomic mass is 10.0. The molecule has 0 amide bonds. The molecular formula is C11H20O. The number of hydrogen-bond acceptors (Lipinski definition) is 1. The molecule has 0 unspecified atom stereocenters. The predicted molar refractivity (Wildman–Crippen MR) is 54.3 cm³/mol. The van der Waals surface area contributed by atoms with E-state index < -0.39 is 0 Å². The smallest absolute Gasteiger partial charge is 0.0676 e. The summed E-state index contributed by atoms with van der Waals surface area (Å²) < 4.78 is 5.02. The van der Waals surface area contributed by atoms with Crippen molar-refractivity contribution in [2.75, 3.05) is 13.7 Å². The first-order chi connectivity index (χ1) is 5.83. The molecule has 12 heavy (non-hydrogen) atoms. The maximum absolute atomic E-state index is 5.02. The third-order valence-electron chi connectivity index (χ3n) is 1.77. The highest BCUT2D eigenvalue weighted by atomic mass is 16.5. The van der Waals surface area contributed by atoms with Crippen molar-refractivity contribution in [3.8, 4) is 0 Å². The zero-order chi connectivity index (χ0) is 9.40. The van der Waals surface area contributed by atoms with Gasteiger partial charge in [0.15, 0.2) is 0 Å². The highest BCUT2D eigenvalue weighted by Crippen LogP contribution is 2.17. The van der Waals surface area contributed by atoms with E-state index in [1.54, 1.807) is 7.11 Å². The molecule has 1 nitrogen and oxygen atoms in total. The molecule has 70 valence electrons. The second kappa shape index (κ2) is 7.11. The van der Waals surface area contributed by atoms with E-state index in [0.29, 0.717) is 0 Å². The predicted octanol–water partition coefficient (Wildman–Crippen LogP) is 3.33. The molecule has 1 aliphatic carbocycles. The lowest BCUT2D eigenvalue weighted by Crippen LogP contribution is -1.97. The summed E-state index contributed by atoms with van der Waals surface area (Å²) in [5, 5.41) is 0. The Kier molecular flexibility index (Phi) is 6.78. The van der Waals surface area contributed by atoms with Crippen molar-refractivity contribution in [3.05, 3.63) is 23.3 Å². The van der Waals surface area contributed by atoms with Gasteiger partial charge in [0, 0.05) is 7.11 Å². The summed E-state index contributed by atoms with van der Waals surface area (Å²) in [6.45, 7) is 6.96. The van der Waals surface area contributed by atoms with Crippen LogP contribution in [0, 0.1) is 0 Å². The largest absolute Gasteiger partial charge is 0.380 e. The van der Waals surface area contributed by atoms with Crippen molar-refractivity contribution in [1.29, 1.82) is 0 Å². The standard InChI is InChI=1S/C9H14O.C2H6/c1-8-3-5-9(6-4-8)7-10-2;1-2/h3,5H,4,6-7H2,1-2H3;1-2H3. The van der Waals surface area contributed by atoms with E-state index in [4.69, 9.17) is 4.74 Å². The first-order valence-electron chi connectivity index (χ1n) is 4.67. The van der Waals surface area contributed by atoms with Crippen LogP contribution in [0.2, 0.25) is 0 Å². The van der Waals surface area contributed by atoms with Crippen LogP contribution in [0.25, 0.3) is 0 Å². The van der Waals surface area contributed by atoms with Crippen LogP contribution in [0.4, 0.5) is 0 Å². The van der Waals surface area contributed by atoms with E-state index in [1.165, 1.54) is 24.0 Å². The first-order valence-corrected chi connectivity index (χ1v) is 4.67. The Morgan fingerprint density at radius 2 is 1.92 bits per heavy atom. The van der Waals surface area contributed by atoms with Gasteiger partial charge in [0.25, 0.3) is 0 Å². The molecule has 0 aliphatic heterocycles. The minimum atomic E-state index is 0.795. The van der Waals surface area contributed by atoms with Crippen molar-refractivity contribution >= 4 is 0 Å². The van der Waals surface area contributed by atoms with Gasteiger partial charge in [-0.3, -0.25) is 0 Å². The number of ether oxygens (including phenoxy) is 1. The van der Waals surface area contributed by atoms with Gasteiger partial charge in [0.05, 0.1) is 6.61 Å². The SMILES string of the molecule is CC.COCC1=CC=C(C)CC1. The van der Waals surface area contributed by atoms with E-state index in [-0.39, 0.29) is 0 Å². The molecule has 1 heteroatoms. The fourth-order valence-corrected chi connectivity index (χ4v) is 1.09. The Hall–Kier alpha value is -0.560. The quantitative estimate of drug-likeness (QED) is 0.614. The minimum absolute atomic E-state index is 0.795. The third kappa shape index (κ3) is 4.35. The number of allylic oxidation sites excluding steroid dienone is 3. The fourth-order valence-electron chi connectivity index (χ4n) is 1.09. The first kappa shape index (κ1) is 11.4. The van der Waals surface area contributed by atoms with E-state index in [0.717, 1.165) is 6.61 Å². The highest BCUT2D eigenvalue weighted by Gasteiger charge is 2.01. The maximum Gasteiger partial charge on any atom is 0.0676 e. The molecule has 0 saturated carbocycles. The van der Waals surface area contributed by atoms with Gasteiger partial charge >= 0.3 is 0 Å². The summed E-state index contributed by atoms with van der Waals surface area (Å²) in [5.74, 6) is 0. The van der Waals surface area contributed by atoms with E-state index in [1.807, 2.05) is 13.8 Å². The number of hydrogen-bond donors (Lipinski definition) is 0. The Labute approximate surface area is 76.1 Å². The van der Waals surface area contributed by atoms with Crippen molar-refractivity contribution in [3.63, 3.8) is 0 Å². The second-order valence-corrected chi connectivity index (χ2v) is 2.77. The molecule has 0 N–H and O–H groups in total. The van der Waals surface area contributed by atoms with E-state index in [2.05, 4.69) is 19.1 Å². The molecule has 0 bridgehead atoms. The van der Waals surface area contributed by atoms with E-state index in [9.17, 15) is 0 Å². The van der Waals surface area contributed by atoms with Gasteiger partial charge in [-0.05, 0) is 25.3 Å². The van der Waals surface area contributed by atoms with Crippen molar-refractivity contribution in [2.45, 2.75) is 33.6 Å². The number of rotatable bonds is 2. The molecule has 0 fully saturated rings. The van der Waals surface area contributed by atoms with Gasteiger partial charge < -0.3 is 4.74 Å². The Balaban J connectivity index is 0.000000561. The van der Waals surface area contributed by atoms with Crippen LogP contribution >= 0.6 is 0 Å². The van der Waals surface area contributed by atoms with Crippen LogP contribution in [0.3, 0.4) is 0 Å². The molecule has 0 saturated heterocycles. The molecule has 0 aromatic carbocycles. The maximum atomic E-state index is 5.02. The zero-order valence-electron chi connectivity index (χ0n) is 8.68. The Morgan fingerprint density at radius 1 is 1.25 bits per heavy atom. The summed E-state index contributed by atoms with van der Waals surface area (Å²) in [6.07, 6.45) is 6.73. The Bertz CT molecular complexity index is 162. The summed E-state index contributed by atoms with van der Waals surface area (Å²) in [6, 6.07) is 0. The summed E-state index contributed by atoms with van der Waals surface area (Å²) in [7, 11) is 1.74. The molecule has 0 spiro atoms. The summed E-state index contributed by atoms with van der Waals surface area (Å²) in [4.78, 5) is 0. The monoisotopic (exact) mass is 168 g/mol. The van der Waals surface area contributed by atoms with Gasteiger partial charge in [-0.1, -0.05) is 31.6 Å². The van der Waals surface area contributed by atoms with Crippen LogP contribution in [-0.4, -0.2) is 13.7 Å². The van der Waals surface area contributed by atoms with Crippen LogP contribution < -0.4 is 0 Å². The molecule has 1 rings (SSSR count). The summed E-state index contributed by atoms with van der Waals surface area (Å²) in [5.41, 5.74) is 2.88. The van der Waals surface area contributed by atoms with Crippen LogP contribution in [0.1, 0.15) is 33.6 Å². The van der Waals surface area contributed by atoms with Crippen LogP contribution in [0.5, 0.6) is 0 Å². The van der Waals surface area contributed by atoms with Gasteiger partial charge in [-0.15, -0.1) is 0 Å². The average Bonchev–Trinajstić information content (AvgIpc) is 2.13. The van der Waals surface area contributed by atoms with Crippen LogP contribution in [-0.2, 0) is 4.74 Å². The van der Waals surface area contributed by atoms with Gasteiger partial charge in [0.2, 0.25) is 0 Å². The van der Waals surface area contributed by atoms with Crippen molar-refractivity contribution < 1.29 is 4.74 Å². The van der Waals surface area contributed by atoms with Gasteiger partial charge in [-0.2, -0.15) is 0 Å². The molecular weight excluding hydrogens is 148 g/mol. The molecule has 0 aromatic rings. The molecule has 0 radical (unpaired) electrons. The lowest BCUT2D eigenvalue weighted by Gasteiger charge is -2.10. The number of methoxy groups -OCH3 is 1. The van der Waals surface area contributed by atoms with Crippen molar-refractivity contribution in [1.82, 2.24) is 0 Å². The highest BCUT2D eigenvalue weighted by molar-refractivity contribution is 5.22. The second-order valence-electron chi connectivity index (χ2n) is 2.77. The molecule has 0 aromatic heterocycles. The van der Waals surface area contributed by atoms with E-state index >= 15 is 0 Å². The zero-order valence-corrected chi connectivity index (χ0v) is 8.68. The van der Waals surface area contributed by atoms with Gasteiger partial charge in [0.1, 0.15) is 0 Å². The average molecular weight is 168 g/mol. The topological polar surface area (TPSA) is 9.23 Å². The lowest BCUT2D eigenvalue weighted by molar-refractivity contribution is 0.222. The van der Waals surface area contributed by atoms with Gasteiger partial charge in [-0.25, -0.2) is 0 Å². The molecule has 1 aliphatic rings. The molecule has 0 atom stereocenters. The third-order valence-corrected chi connectivity index (χ3v) is 1.77. The Morgan fingerprint density at radius 3 is 2.33 bits per heavy atom. The normalized spacial score (nSPS) is 15.7. The van der Waals surface area contributed by atoms with Crippen molar-refractivity contribution in [2.24, 2.45) is 0 Å². The molecule has 0 heterocycles. The summed E-state index contributed by atoms with van der Waals surface area (Å²) >= 11 is 0. The fraction of sp³-hybridized carbons (Fsp3) is 0.636. The minimum Gasteiger partial charge on any atom is -0.380 e.